The SMILES string of the molecule is CCCN(CCC)S(=O)(=O)c1ccc(C(=O)Nc2nnc(CS(C)(=O)=O)o2)cc1. The minimum Gasteiger partial charge on any atom is -0.407 e. The first-order chi connectivity index (χ1) is 13.6. The number of anilines is 1. The zero-order valence-electron chi connectivity index (χ0n) is 16.5. The van der Waals surface area contributed by atoms with Gasteiger partial charge in [0.1, 0.15) is 5.75 Å². The number of nitrogens with zero attached hydrogens (tertiary/aromatic N) is 3. The first-order valence-corrected chi connectivity index (χ1v) is 12.5. The van der Waals surface area contributed by atoms with Crippen molar-refractivity contribution in [2.75, 3.05) is 24.7 Å². The van der Waals surface area contributed by atoms with E-state index in [0.717, 1.165) is 6.26 Å². The number of rotatable bonds is 10. The van der Waals surface area contributed by atoms with Crippen LogP contribution in [0.4, 0.5) is 6.01 Å². The van der Waals surface area contributed by atoms with Gasteiger partial charge in [0.05, 0.1) is 4.90 Å². The highest BCUT2D eigenvalue weighted by molar-refractivity contribution is 7.89. The monoisotopic (exact) mass is 444 g/mol. The third-order valence-electron chi connectivity index (χ3n) is 3.77. The smallest absolute Gasteiger partial charge is 0.322 e. The molecule has 12 heteroatoms. The average molecular weight is 445 g/mol. The molecule has 1 N–H and O–H groups in total. The van der Waals surface area contributed by atoms with E-state index in [0.29, 0.717) is 25.9 Å². The maximum Gasteiger partial charge on any atom is 0.322 e. The van der Waals surface area contributed by atoms with Crippen LogP contribution in [0.15, 0.2) is 33.6 Å². The van der Waals surface area contributed by atoms with Crippen molar-refractivity contribution in [2.45, 2.75) is 37.3 Å². The molecule has 29 heavy (non-hydrogen) atoms. The van der Waals surface area contributed by atoms with Gasteiger partial charge in [-0.2, -0.15) is 4.31 Å². The number of carbonyl (C=O) groups is 1. The summed E-state index contributed by atoms with van der Waals surface area (Å²) in [7, 11) is -6.99. The van der Waals surface area contributed by atoms with E-state index in [-0.39, 0.29) is 22.4 Å². The summed E-state index contributed by atoms with van der Waals surface area (Å²) in [4.78, 5) is 12.4. The molecule has 0 atom stereocenters. The van der Waals surface area contributed by atoms with Gasteiger partial charge in [0.25, 0.3) is 5.91 Å². The van der Waals surface area contributed by atoms with E-state index >= 15 is 0 Å². The summed E-state index contributed by atoms with van der Waals surface area (Å²) in [5.41, 5.74) is 0.185. The molecule has 0 aliphatic heterocycles. The molecule has 0 aliphatic carbocycles. The summed E-state index contributed by atoms with van der Waals surface area (Å²) in [5.74, 6) is -1.17. The molecule has 0 saturated heterocycles. The van der Waals surface area contributed by atoms with Crippen LogP contribution in [0.5, 0.6) is 0 Å². The van der Waals surface area contributed by atoms with E-state index in [1.807, 2.05) is 13.8 Å². The van der Waals surface area contributed by atoms with Crippen LogP contribution < -0.4 is 5.32 Å². The normalized spacial score (nSPS) is 12.3. The van der Waals surface area contributed by atoms with Crippen molar-refractivity contribution < 1.29 is 26.0 Å². The Morgan fingerprint density at radius 2 is 1.62 bits per heavy atom. The third kappa shape index (κ3) is 6.34. The maximum atomic E-state index is 12.7. The van der Waals surface area contributed by atoms with E-state index < -0.39 is 31.5 Å². The number of aromatic nitrogens is 2. The predicted octanol–water partition coefficient (Wildman–Crippen LogP) is 1.68. The van der Waals surface area contributed by atoms with E-state index in [2.05, 4.69) is 15.5 Å². The van der Waals surface area contributed by atoms with E-state index in [9.17, 15) is 21.6 Å². The van der Waals surface area contributed by atoms with Crippen molar-refractivity contribution in [3.63, 3.8) is 0 Å². The molecule has 160 valence electrons. The van der Waals surface area contributed by atoms with Crippen molar-refractivity contribution in [1.82, 2.24) is 14.5 Å². The molecule has 0 saturated carbocycles. The highest BCUT2D eigenvalue weighted by Gasteiger charge is 2.23. The Morgan fingerprint density at radius 3 is 2.14 bits per heavy atom. The third-order valence-corrected chi connectivity index (χ3v) is 6.46. The van der Waals surface area contributed by atoms with Gasteiger partial charge in [-0.05, 0) is 37.1 Å². The number of benzene rings is 1. The highest BCUT2D eigenvalue weighted by Crippen LogP contribution is 2.18. The van der Waals surface area contributed by atoms with Crippen LogP contribution in [0.2, 0.25) is 0 Å². The van der Waals surface area contributed by atoms with Crippen molar-refractivity contribution in [3.05, 3.63) is 35.7 Å². The van der Waals surface area contributed by atoms with E-state index in [1.54, 1.807) is 0 Å². The van der Waals surface area contributed by atoms with Crippen molar-refractivity contribution in [3.8, 4) is 0 Å². The molecule has 0 aliphatic rings. The molecule has 0 bridgehead atoms. The van der Waals surface area contributed by atoms with Gasteiger partial charge in [0.15, 0.2) is 9.84 Å². The fraction of sp³-hybridized carbons (Fsp3) is 0.471. The zero-order chi connectivity index (χ0) is 21.7. The van der Waals surface area contributed by atoms with Gasteiger partial charge in [-0.25, -0.2) is 16.8 Å². The summed E-state index contributed by atoms with van der Waals surface area (Å²) in [6.07, 6.45) is 2.42. The summed E-state index contributed by atoms with van der Waals surface area (Å²) in [5, 5.41) is 9.48. The lowest BCUT2D eigenvalue weighted by Gasteiger charge is -2.21. The number of hydrogen-bond acceptors (Lipinski definition) is 8. The van der Waals surface area contributed by atoms with Gasteiger partial charge in [0, 0.05) is 24.9 Å². The van der Waals surface area contributed by atoms with Crippen LogP contribution in [0.25, 0.3) is 0 Å². The number of sulfonamides is 1. The van der Waals surface area contributed by atoms with E-state index in [4.69, 9.17) is 4.42 Å². The van der Waals surface area contributed by atoms with Crippen molar-refractivity contribution in [2.24, 2.45) is 0 Å². The molecule has 10 nitrogen and oxygen atoms in total. The van der Waals surface area contributed by atoms with Crippen LogP contribution in [0, 0.1) is 0 Å². The summed E-state index contributed by atoms with van der Waals surface area (Å²) in [6, 6.07) is 5.25. The Kier molecular flexibility index (Phi) is 7.49. The minimum atomic E-state index is -3.64. The fourth-order valence-electron chi connectivity index (χ4n) is 2.53. The number of amides is 1. The molecule has 2 aromatic rings. The molecule has 1 heterocycles. The van der Waals surface area contributed by atoms with Crippen LogP contribution in [0.3, 0.4) is 0 Å². The standard InChI is InChI=1S/C17H24N4O6S2/c1-4-10-21(11-5-2)29(25,26)14-8-6-13(7-9-14)16(22)18-17-20-19-15(27-17)12-28(3,23)24/h6-9H,4-5,10-12H2,1-3H3,(H,18,20,22). The lowest BCUT2D eigenvalue weighted by molar-refractivity contribution is 0.102. The molecular formula is C17H24N4O6S2. The fourth-order valence-corrected chi connectivity index (χ4v) is 4.72. The Hall–Kier alpha value is -2.31. The molecule has 1 aromatic carbocycles. The second kappa shape index (κ2) is 9.46. The molecule has 0 fully saturated rings. The topological polar surface area (TPSA) is 140 Å². The zero-order valence-corrected chi connectivity index (χ0v) is 18.1. The lowest BCUT2D eigenvalue weighted by Crippen LogP contribution is -2.32. The van der Waals surface area contributed by atoms with Crippen molar-refractivity contribution >= 4 is 31.8 Å². The first-order valence-electron chi connectivity index (χ1n) is 8.98. The van der Waals surface area contributed by atoms with Gasteiger partial charge < -0.3 is 4.42 Å². The first kappa shape index (κ1) is 23.0. The summed E-state index contributed by atoms with van der Waals surface area (Å²) in [6.45, 7) is 4.66. The Morgan fingerprint density at radius 1 is 1.03 bits per heavy atom. The Labute approximate surface area is 170 Å². The van der Waals surface area contributed by atoms with Gasteiger partial charge >= 0.3 is 6.01 Å². The van der Waals surface area contributed by atoms with Crippen LogP contribution in [0.1, 0.15) is 42.9 Å². The Balaban J connectivity index is 2.12. The molecule has 2 rings (SSSR count). The van der Waals surface area contributed by atoms with Crippen LogP contribution >= 0.6 is 0 Å². The largest absolute Gasteiger partial charge is 0.407 e. The predicted molar refractivity (Wildman–Crippen MR) is 107 cm³/mol. The second-order valence-corrected chi connectivity index (χ2v) is 10.5. The van der Waals surface area contributed by atoms with Crippen LogP contribution in [-0.2, 0) is 25.6 Å². The molecule has 0 unspecified atom stereocenters. The lowest BCUT2D eigenvalue weighted by atomic mass is 10.2. The number of carbonyl (C=O) groups excluding carboxylic acids is 1. The number of nitrogens with one attached hydrogen (secondary N) is 1. The van der Waals surface area contributed by atoms with Gasteiger partial charge in [0.2, 0.25) is 15.9 Å². The molecule has 0 spiro atoms. The Bertz CT molecular complexity index is 1040. The highest BCUT2D eigenvalue weighted by atomic mass is 32.2. The van der Waals surface area contributed by atoms with Gasteiger partial charge in [-0.1, -0.05) is 18.9 Å². The quantitative estimate of drug-likeness (QED) is 0.584. The average Bonchev–Trinajstić information content (AvgIpc) is 3.06. The molecule has 1 amide bonds. The second-order valence-electron chi connectivity index (χ2n) is 6.45. The van der Waals surface area contributed by atoms with Gasteiger partial charge in [-0.3, -0.25) is 10.1 Å². The summed E-state index contributed by atoms with van der Waals surface area (Å²) < 4.78 is 54.4. The summed E-state index contributed by atoms with van der Waals surface area (Å²) >= 11 is 0. The number of hydrogen-bond donors (Lipinski definition) is 1. The number of sulfone groups is 1. The van der Waals surface area contributed by atoms with Gasteiger partial charge in [-0.15, -0.1) is 5.10 Å². The maximum absolute atomic E-state index is 12.7. The van der Waals surface area contributed by atoms with Crippen LogP contribution in [-0.4, -0.2) is 56.6 Å². The molecule has 0 radical (unpaired) electrons. The van der Waals surface area contributed by atoms with Crippen molar-refractivity contribution in [1.29, 1.82) is 0 Å². The van der Waals surface area contributed by atoms with E-state index in [1.165, 1.54) is 28.6 Å². The molecule has 1 aromatic heterocycles. The minimum absolute atomic E-state index is 0.101. The molecular weight excluding hydrogens is 420 g/mol.